The minimum atomic E-state index is -0.576. The summed E-state index contributed by atoms with van der Waals surface area (Å²) in [7, 11) is 1.41. The molecule has 0 unspecified atom stereocenters. The predicted octanol–water partition coefficient (Wildman–Crippen LogP) is 3.90. The number of hydrogen-bond donors (Lipinski definition) is 0. The van der Waals surface area contributed by atoms with Gasteiger partial charge in [-0.15, -0.1) is 11.3 Å². The highest BCUT2D eigenvalue weighted by atomic mass is 35.5. The molecule has 0 aliphatic rings. The van der Waals surface area contributed by atoms with Crippen molar-refractivity contribution in [2.75, 3.05) is 7.11 Å². The Morgan fingerprint density at radius 2 is 2.29 bits per heavy atom. The summed E-state index contributed by atoms with van der Waals surface area (Å²) in [5.41, 5.74) is 0.325. The monoisotopic (exact) mass is 319 g/mol. The van der Waals surface area contributed by atoms with Crippen molar-refractivity contribution in [3.05, 3.63) is 51.2 Å². The van der Waals surface area contributed by atoms with Crippen LogP contribution in [-0.4, -0.2) is 13.1 Å². The van der Waals surface area contributed by atoms with Gasteiger partial charge in [-0.25, -0.2) is 4.79 Å². The molecule has 0 fully saturated rings. The van der Waals surface area contributed by atoms with E-state index in [1.807, 2.05) is 23.6 Å². The summed E-state index contributed by atoms with van der Waals surface area (Å²) >= 11 is 7.51. The molecule has 4 nitrogen and oxygen atoms in total. The number of nitriles is 1. The number of carbonyl (C=O) groups excluding carboxylic acids is 1. The van der Waals surface area contributed by atoms with Crippen molar-refractivity contribution in [1.82, 2.24) is 0 Å². The van der Waals surface area contributed by atoms with Gasteiger partial charge in [-0.05, 0) is 23.6 Å². The van der Waals surface area contributed by atoms with E-state index >= 15 is 0 Å². The first-order valence-electron chi connectivity index (χ1n) is 5.85. The second-order valence-corrected chi connectivity index (χ2v) is 5.26. The summed E-state index contributed by atoms with van der Waals surface area (Å²) in [6.07, 6.45) is 2.96. The zero-order valence-electron chi connectivity index (χ0n) is 11.0. The number of nitrogens with zero attached hydrogens (tertiary/aromatic N) is 1. The molecule has 6 heteroatoms. The molecule has 0 aliphatic carbocycles. The molecule has 106 valence electrons. The van der Waals surface area contributed by atoms with Crippen molar-refractivity contribution < 1.29 is 14.3 Å². The summed E-state index contributed by atoms with van der Waals surface area (Å²) < 4.78 is 10.3. The quantitative estimate of drug-likeness (QED) is 0.487. The van der Waals surface area contributed by atoms with Gasteiger partial charge < -0.3 is 9.47 Å². The smallest absolute Gasteiger partial charge is 0.336 e. The van der Waals surface area contributed by atoms with Crippen molar-refractivity contribution in [3.8, 4) is 17.6 Å². The largest absolute Gasteiger partial charge is 0.493 e. The van der Waals surface area contributed by atoms with Gasteiger partial charge in [0.15, 0.2) is 11.5 Å². The van der Waals surface area contributed by atoms with Gasteiger partial charge in [0, 0.05) is 17.0 Å². The SMILES string of the molecule is COc1cc(C#N)cc(Cl)c1OC(=O)/C=C/c1cccs1. The van der Waals surface area contributed by atoms with E-state index in [-0.39, 0.29) is 16.5 Å². The lowest BCUT2D eigenvalue weighted by Crippen LogP contribution is -2.05. The van der Waals surface area contributed by atoms with Gasteiger partial charge in [-0.1, -0.05) is 17.7 Å². The number of carbonyl (C=O) groups is 1. The third-order valence-electron chi connectivity index (χ3n) is 2.49. The molecule has 0 N–H and O–H groups in total. The molecule has 21 heavy (non-hydrogen) atoms. The van der Waals surface area contributed by atoms with Gasteiger partial charge in [-0.3, -0.25) is 0 Å². The lowest BCUT2D eigenvalue weighted by molar-refractivity contribution is -0.129. The Bertz CT molecular complexity index is 717. The molecular formula is C15H10ClNO3S. The fourth-order valence-electron chi connectivity index (χ4n) is 1.55. The Balaban J connectivity index is 2.19. The zero-order chi connectivity index (χ0) is 15.2. The molecule has 2 rings (SSSR count). The van der Waals surface area contributed by atoms with Gasteiger partial charge in [-0.2, -0.15) is 5.26 Å². The minimum Gasteiger partial charge on any atom is -0.493 e. The number of hydrogen-bond acceptors (Lipinski definition) is 5. The van der Waals surface area contributed by atoms with Gasteiger partial charge in [0.05, 0.1) is 23.8 Å². The van der Waals surface area contributed by atoms with Crippen molar-refractivity contribution in [2.45, 2.75) is 0 Å². The van der Waals surface area contributed by atoms with Crippen LogP contribution in [0.4, 0.5) is 0 Å². The fourth-order valence-corrected chi connectivity index (χ4v) is 2.42. The molecule has 0 amide bonds. The first-order valence-corrected chi connectivity index (χ1v) is 7.11. The number of rotatable bonds is 4. The molecular weight excluding hydrogens is 310 g/mol. The van der Waals surface area contributed by atoms with E-state index in [1.165, 1.54) is 36.7 Å². The molecule has 0 bridgehead atoms. The molecule has 1 aromatic carbocycles. The number of thiophene rings is 1. The molecule has 1 aromatic heterocycles. The van der Waals surface area contributed by atoms with Crippen LogP contribution in [0.3, 0.4) is 0 Å². The molecule has 1 heterocycles. The first-order chi connectivity index (χ1) is 10.1. The number of benzene rings is 1. The summed E-state index contributed by atoms with van der Waals surface area (Å²) in [5, 5.41) is 10.9. The molecule has 2 aromatic rings. The van der Waals surface area contributed by atoms with E-state index in [1.54, 1.807) is 6.08 Å². The van der Waals surface area contributed by atoms with E-state index < -0.39 is 5.97 Å². The molecule has 0 aliphatic heterocycles. The fraction of sp³-hybridized carbons (Fsp3) is 0.0667. The highest BCUT2D eigenvalue weighted by Crippen LogP contribution is 2.36. The highest BCUT2D eigenvalue weighted by Gasteiger charge is 2.14. The van der Waals surface area contributed by atoms with Gasteiger partial charge in [0.1, 0.15) is 0 Å². The molecule has 0 radical (unpaired) electrons. The Morgan fingerprint density at radius 3 is 2.90 bits per heavy atom. The van der Waals surface area contributed by atoms with E-state index in [0.29, 0.717) is 5.56 Å². The number of halogens is 1. The zero-order valence-corrected chi connectivity index (χ0v) is 12.6. The normalized spacial score (nSPS) is 10.3. The van der Waals surface area contributed by atoms with E-state index in [4.69, 9.17) is 26.3 Å². The van der Waals surface area contributed by atoms with E-state index in [9.17, 15) is 4.79 Å². The van der Waals surface area contributed by atoms with Crippen molar-refractivity contribution in [3.63, 3.8) is 0 Å². The maximum absolute atomic E-state index is 11.8. The second-order valence-electron chi connectivity index (χ2n) is 3.87. The standard InChI is InChI=1S/C15H10ClNO3S/c1-19-13-8-10(9-17)7-12(16)15(13)20-14(18)5-4-11-3-2-6-21-11/h2-8H,1H3/b5-4+. The topological polar surface area (TPSA) is 59.3 Å². The molecule has 0 saturated carbocycles. The first kappa shape index (κ1) is 15.1. The van der Waals surface area contributed by atoms with Crippen LogP contribution in [0.15, 0.2) is 35.7 Å². The van der Waals surface area contributed by atoms with Crippen molar-refractivity contribution in [2.24, 2.45) is 0 Å². The number of ether oxygens (including phenoxy) is 2. The lowest BCUT2D eigenvalue weighted by atomic mass is 10.2. The Morgan fingerprint density at radius 1 is 1.48 bits per heavy atom. The highest BCUT2D eigenvalue weighted by molar-refractivity contribution is 7.10. The van der Waals surface area contributed by atoms with Crippen molar-refractivity contribution >= 4 is 35.0 Å². The van der Waals surface area contributed by atoms with E-state index in [2.05, 4.69) is 0 Å². The van der Waals surface area contributed by atoms with Crippen LogP contribution in [0.1, 0.15) is 10.4 Å². The Kier molecular flexibility index (Phi) is 4.99. The van der Waals surface area contributed by atoms with Crippen molar-refractivity contribution in [1.29, 1.82) is 5.26 Å². The second kappa shape index (κ2) is 6.93. The average Bonchev–Trinajstić information content (AvgIpc) is 3.00. The Labute approximate surface area is 130 Å². The summed E-state index contributed by atoms with van der Waals surface area (Å²) in [5.74, 6) is -0.246. The average molecular weight is 320 g/mol. The summed E-state index contributed by atoms with van der Waals surface area (Å²) in [6, 6.07) is 8.58. The predicted molar refractivity (Wildman–Crippen MR) is 81.7 cm³/mol. The van der Waals surface area contributed by atoms with E-state index in [0.717, 1.165) is 4.88 Å². The third-order valence-corrected chi connectivity index (χ3v) is 3.61. The van der Waals surface area contributed by atoms with Crippen LogP contribution in [0, 0.1) is 11.3 Å². The number of esters is 1. The molecule has 0 spiro atoms. The molecule has 0 atom stereocenters. The van der Waals surface area contributed by atoms with Crippen LogP contribution in [0.2, 0.25) is 5.02 Å². The Hall–Kier alpha value is -2.29. The van der Waals surface area contributed by atoms with Crippen LogP contribution in [0.25, 0.3) is 6.08 Å². The van der Waals surface area contributed by atoms with Crippen LogP contribution in [-0.2, 0) is 4.79 Å². The molecule has 0 saturated heterocycles. The minimum absolute atomic E-state index is 0.0963. The summed E-state index contributed by atoms with van der Waals surface area (Å²) in [4.78, 5) is 12.7. The van der Waals surface area contributed by atoms with Gasteiger partial charge in [0.25, 0.3) is 0 Å². The third kappa shape index (κ3) is 3.85. The van der Waals surface area contributed by atoms with Crippen LogP contribution in [0.5, 0.6) is 11.5 Å². The maximum Gasteiger partial charge on any atom is 0.336 e. The van der Waals surface area contributed by atoms with Crippen LogP contribution < -0.4 is 9.47 Å². The van der Waals surface area contributed by atoms with Crippen LogP contribution >= 0.6 is 22.9 Å². The lowest BCUT2D eigenvalue weighted by Gasteiger charge is -2.09. The van der Waals surface area contributed by atoms with Gasteiger partial charge >= 0.3 is 5.97 Å². The summed E-state index contributed by atoms with van der Waals surface area (Å²) in [6.45, 7) is 0. The number of methoxy groups -OCH3 is 1. The maximum atomic E-state index is 11.8. The van der Waals surface area contributed by atoms with Gasteiger partial charge in [0.2, 0.25) is 0 Å².